The fraction of sp³-hybridized carbons (Fsp3) is 0.733. The van der Waals surface area contributed by atoms with Gasteiger partial charge in [-0.25, -0.2) is 0 Å². The summed E-state index contributed by atoms with van der Waals surface area (Å²) in [6, 6.07) is 2.25. The number of methoxy groups -OCH3 is 1. The largest absolute Gasteiger partial charge is 0.384 e. The molecule has 3 nitrogen and oxygen atoms in total. The van der Waals surface area contributed by atoms with Gasteiger partial charge in [0.2, 0.25) is 0 Å². The van der Waals surface area contributed by atoms with Crippen LogP contribution in [0, 0.1) is 11.3 Å². The van der Waals surface area contributed by atoms with Crippen LogP contribution in [-0.2, 0) is 11.3 Å². The van der Waals surface area contributed by atoms with E-state index in [-0.39, 0.29) is 12.4 Å². The second-order valence-corrected chi connectivity index (χ2v) is 6.85. The van der Waals surface area contributed by atoms with E-state index in [1.54, 1.807) is 11.3 Å². The molecule has 114 valence electrons. The van der Waals surface area contributed by atoms with Crippen molar-refractivity contribution in [3.05, 3.63) is 22.4 Å². The van der Waals surface area contributed by atoms with Crippen molar-refractivity contribution in [2.75, 3.05) is 39.9 Å². The smallest absolute Gasteiger partial charge is 0.0508 e. The normalized spacial score (nSPS) is 25.8. The topological polar surface area (TPSA) is 24.5 Å². The van der Waals surface area contributed by atoms with Gasteiger partial charge in [0, 0.05) is 32.7 Å². The lowest BCUT2D eigenvalue weighted by Crippen LogP contribution is -2.43. The maximum Gasteiger partial charge on any atom is 0.0508 e. The lowest BCUT2D eigenvalue weighted by Gasteiger charge is -2.38. The van der Waals surface area contributed by atoms with Crippen LogP contribution in [0.1, 0.15) is 18.4 Å². The van der Waals surface area contributed by atoms with Crippen LogP contribution < -0.4 is 5.32 Å². The fourth-order valence-electron chi connectivity index (χ4n) is 3.83. The van der Waals surface area contributed by atoms with Gasteiger partial charge in [-0.05, 0) is 53.7 Å². The molecule has 2 fully saturated rings. The summed E-state index contributed by atoms with van der Waals surface area (Å²) >= 11 is 1.80. The second-order valence-electron chi connectivity index (χ2n) is 6.07. The van der Waals surface area contributed by atoms with Crippen molar-refractivity contribution in [3.63, 3.8) is 0 Å². The van der Waals surface area contributed by atoms with Crippen LogP contribution in [0.3, 0.4) is 0 Å². The van der Waals surface area contributed by atoms with Gasteiger partial charge in [-0.2, -0.15) is 11.3 Å². The highest BCUT2D eigenvalue weighted by Gasteiger charge is 2.46. The van der Waals surface area contributed by atoms with Gasteiger partial charge in [-0.1, -0.05) is 0 Å². The molecule has 0 bridgehead atoms. The van der Waals surface area contributed by atoms with E-state index < -0.39 is 0 Å². The van der Waals surface area contributed by atoms with Crippen LogP contribution in [0.4, 0.5) is 0 Å². The van der Waals surface area contributed by atoms with Crippen LogP contribution in [0.15, 0.2) is 16.8 Å². The lowest BCUT2D eigenvalue weighted by molar-refractivity contribution is 0.0716. The molecule has 2 aliphatic heterocycles. The van der Waals surface area contributed by atoms with Gasteiger partial charge in [-0.3, -0.25) is 4.90 Å². The van der Waals surface area contributed by atoms with Crippen molar-refractivity contribution in [2.24, 2.45) is 11.3 Å². The van der Waals surface area contributed by atoms with Crippen LogP contribution >= 0.6 is 23.7 Å². The van der Waals surface area contributed by atoms with E-state index >= 15 is 0 Å². The second kappa shape index (κ2) is 7.23. The summed E-state index contributed by atoms with van der Waals surface area (Å²) in [5.74, 6) is 0.707. The lowest BCUT2D eigenvalue weighted by atomic mass is 9.71. The molecule has 3 rings (SSSR count). The zero-order valence-corrected chi connectivity index (χ0v) is 13.8. The molecular weight excluding hydrogens is 292 g/mol. The van der Waals surface area contributed by atoms with Gasteiger partial charge in [0.15, 0.2) is 0 Å². The first-order valence-corrected chi connectivity index (χ1v) is 8.20. The molecule has 1 unspecified atom stereocenters. The highest BCUT2D eigenvalue weighted by atomic mass is 35.5. The molecular formula is C15H25ClN2OS. The summed E-state index contributed by atoms with van der Waals surface area (Å²) in [5.41, 5.74) is 1.96. The van der Waals surface area contributed by atoms with Crippen molar-refractivity contribution in [1.29, 1.82) is 0 Å². The number of likely N-dealkylation sites (tertiary alicyclic amines) is 1. The molecule has 0 aliphatic carbocycles. The van der Waals surface area contributed by atoms with Crippen molar-refractivity contribution in [1.82, 2.24) is 10.2 Å². The minimum atomic E-state index is 0. The molecule has 1 aromatic rings. The van der Waals surface area contributed by atoms with Gasteiger partial charge in [-0.15, -0.1) is 12.4 Å². The van der Waals surface area contributed by atoms with E-state index in [1.165, 1.54) is 44.6 Å². The number of hydrogen-bond acceptors (Lipinski definition) is 4. The molecule has 1 atom stereocenters. The third-order valence-electron chi connectivity index (χ3n) is 4.84. The Morgan fingerprint density at radius 1 is 1.45 bits per heavy atom. The molecule has 1 spiro atoms. The Labute approximate surface area is 132 Å². The highest BCUT2D eigenvalue weighted by Crippen LogP contribution is 2.43. The Morgan fingerprint density at radius 2 is 2.25 bits per heavy atom. The molecule has 0 saturated carbocycles. The van der Waals surface area contributed by atoms with Gasteiger partial charge >= 0.3 is 0 Å². The predicted octanol–water partition coefficient (Wildman–Crippen LogP) is 2.62. The van der Waals surface area contributed by atoms with Crippen molar-refractivity contribution in [2.45, 2.75) is 19.4 Å². The number of thiophene rings is 1. The first-order chi connectivity index (χ1) is 9.32. The predicted molar refractivity (Wildman–Crippen MR) is 86.7 cm³/mol. The number of nitrogens with zero attached hydrogens (tertiary/aromatic N) is 1. The Bertz CT molecular complexity index is 393. The summed E-state index contributed by atoms with van der Waals surface area (Å²) in [4.78, 5) is 2.64. The molecule has 2 saturated heterocycles. The maximum atomic E-state index is 5.49. The molecule has 0 radical (unpaired) electrons. The average Bonchev–Trinajstić information content (AvgIpc) is 3.02. The van der Waals surface area contributed by atoms with Crippen LogP contribution in [0.5, 0.6) is 0 Å². The summed E-state index contributed by atoms with van der Waals surface area (Å²) < 4.78 is 5.49. The molecule has 0 aromatic carbocycles. The fourth-order valence-corrected chi connectivity index (χ4v) is 4.49. The summed E-state index contributed by atoms with van der Waals surface area (Å²) in [5, 5.41) is 7.96. The van der Waals surface area contributed by atoms with Crippen molar-refractivity contribution in [3.8, 4) is 0 Å². The number of ether oxygens (including phenoxy) is 1. The van der Waals surface area contributed by atoms with Gasteiger partial charge in [0.25, 0.3) is 0 Å². The first-order valence-electron chi connectivity index (χ1n) is 7.25. The zero-order chi connectivity index (χ0) is 13.1. The maximum absolute atomic E-state index is 5.49. The van der Waals surface area contributed by atoms with E-state index in [1.807, 2.05) is 7.11 Å². The number of halogens is 1. The third-order valence-corrected chi connectivity index (χ3v) is 5.57. The number of nitrogens with one attached hydrogen (secondary N) is 1. The minimum absolute atomic E-state index is 0. The molecule has 2 aliphatic rings. The molecule has 3 heterocycles. The van der Waals surface area contributed by atoms with E-state index in [4.69, 9.17) is 4.74 Å². The molecule has 5 heteroatoms. The summed E-state index contributed by atoms with van der Waals surface area (Å²) in [6.07, 6.45) is 2.61. The summed E-state index contributed by atoms with van der Waals surface area (Å²) in [7, 11) is 1.84. The van der Waals surface area contributed by atoms with Gasteiger partial charge in [0.05, 0.1) is 6.61 Å². The Kier molecular flexibility index (Phi) is 5.87. The van der Waals surface area contributed by atoms with Crippen LogP contribution in [0.25, 0.3) is 0 Å². The van der Waals surface area contributed by atoms with E-state index in [9.17, 15) is 0 Å². The van der Waals surface area contributed by atoms with Crippen LogP contribution in [0.2, 0.25) is 0 Å². The van der Waals surface area contributed by atoms with Gasteiger partial charge < -0.3 is 10.1 Å². The van der Waals surface area contributed by atoms with E-state index in [2.05, 4.69) is 27.0 Å². The quantitative estimate of drug-likeness (QED) is 0.924. The minimum Gasteiger partial charge on any atom is -0.384 e. The van der Waals surface area contributed by atoms with Gasteiger partial charge in [0.1, 0.15) is 0 Å². The molecule has 0 amide bonds. The number of hydrogen-bond donors (Lipinski definition) is 1. The Balaban J connectivity index is 0.00000147. The molecule has 1 N–H and O–H groups in total. The SMILES string of the molecule is COCC1CN(Cc2ccsc2)CC12CCNCC2.Cl. The Hall–Kier alpha value is -0.130. The third kappa shape index (κ3) is 3.37. The Morgan fingerprint density at radius 3 is 2.90 bits per heavy atom. The molecule has 1 aromatic heterocycles. The monoisotopic (exact) mass is 316 g/mol. The standard InChI is InChI=1S/C15H24N2OS.ClH/c1-18-10-14-9-17(8-13-2-7-19-11-13)12-15(14)3-5-16-6-4-15;/h2,7,11,14,16H,3-6,8-10,12H2,1H3;1H. The first kappa shape index (κ1) is 16.2. The van der Waals surface area contributed by atoms with E-state index in [0.29, 0.717) is 11.3 Å². The number of rotatable bonds is 4. The summed E-state index contributed by atoms with van der Waals surface area (Å²) in [6.45, 7) is 6.82. The van der Waals surface area contributed by atoms with Crippen LogP contribution in [-0.4, -0.2) is 44.8 Å². The van der Waals surface area contributed by atoms with E-state index in [0.717, 1.165) is 13.2 Å². The van der Waals surface area contributed by atoms with Crippen molar-refractivity contribution >= 4 is 23.7 Å². The molecule has 20 heavy (non-hydrogen) atoms. The van der Waals surface area contributed by atoms with Crippen molar-refractivity contribution < 1.29 is 4.74 Å². The number of piperidine rings is 1. The highest BCUT2D eigenvalue weighted by molar-refractivity contribution is 7.07. The zero-order valence-electron chi connectivity index (χ0n) is 12.1. The average molecular weight is 317 g/mol.